The Kier molecular flexibility index (Phi) is 4.02. The third-order valence-corrected chi connectivity index (χ3v) is 3.49. The van der Waals surface area contributed by atoms with Gasteiger partial charge in [-0.25, -0.2) is 9.97 Å². The van der Waals surface area contributed by atoms with Crippen molar-refractivity contribution in [2.75, 3.05) is 25.5 Å². The van der Waals surface area contributed by atoms with E-state index >= 15 is 0 Å². The summed E-state index contributed by atoms with van der Waals surface area (Å²) in [7, 11) is 3.93. The molecule has 2 rings (SSSR count). The molecule has 1 aliphatic heterocycles. The zero-order chi connectivity index (χ0) is 14.0. The summed E-state index contributed by atoms with van der Waals surface area (Å²) in [5.74, 6) is 1.88. The van der Waals surface area contributed by atoms with Crippen LogP contribution < -0.4 is 4.90 Å². The summed E-state index contributed by atoms with van der Waals surface area (Å²) in [5, 5.41) is 0. The fourth-order valence-corrected chi connectivity index (χ4v) is 2.49. The van der Waals surface area contributed by atoms with E-state index in [1.165, 1.54) is 0 Å². The maximum atomic E-state index is 12.0. The minimum atomic E-state index is 0.0473. The average molecular weight is 262 g/mol. The lowest BCUT2D eigenvalue weighted by molar-refractivity contribution is -0.131. The summed E-state index contributed by atoms with van der Waals surface area (Å²) in [6.07, 6.45) is 2.54. The third-order valence-electron chi connectivity index (χ3n) is 3.49. The van der Waals surface area contributed by atoms with Gasteiger partial charge in [0.2, 0.25) is 5.91 Å². The van der Waals surface area contributed by atoms with E-state index in [9.17, 15) is 4.79 Å². The minimum absolute atomic E-state index is 0.0473. The zero-order valence-corrected chi connectivity index (χ0v) is 12.2. The van der Waals surface area contributed by atoms with Crippen LogP contribution in [0.1, 0.15) is 43.7 Å². The van der Waals surface area contributed by atoms with E-state index in [1.54, 1.807) is 0 Å². The number of aromatic nitrogens is 2. The molecule has 0 aliphatic carbocycles. The van der Waals surface area contributed by atoms with Gasteiger partial charge < -0.3 is 9.80 Å². The van der Waals surface area contributed by atoms with Gasteiger partial charge in [0.15, 0.2) is 5.82 Å². The van der Waals surface area contributed by atoms with Gasteiger partial charge in [0.25, 0.3) is 0 Å². The maximum Gasteiger partial charge on any atom is 0.222 e. The second-order valence-electron chi connectivity index (χ2n) is 5.22. The van der Waals surface area contributed by atoms with Crippen LogP contribution in [-0.4, -0.2) is 41.4 Å². The number of aryl methyl sites for hydroxylation is 1. The molecule has 1 amide bonds. The molecule has 0 bridgehead atoms. The van der Waals surface area contributed by atoms with Crippen LogP contribution in [0.2, 0.25) is 0 Å². The molecule has 5 nitrogen and oxygen atoms in total. The van der Waals surface area contributed by atoms with E-state index in [0.29, 0.717) is 6.42 Å². The third kappa shape index (κ3) is 2.85. The molecule has 0 radical (unpaired) electrons. The van der Waals surface area contributed by atoms with E-state index in [1.807, 2.05) is 43.8 Å². The summed E-state index contributed by atoms with van der Waals surface area (Å²) in [4.78, 5) is 25.0. The van der Waals surface area contributed by atoms with Gasteiger partial charge in [-0.3, -0.25) is 4.79 Å². The van der Waals surface area contributed by atoms with Crippen molar-refractivity contribution < 1.29 is 4.79 Å². The number of likely N-dealkylation sites (tertiary alicyclic amines) is 1. The Morgan fingerprint density at radius 3 is 2.84 bits per heavy atom. The molecule has 104 valence electrons. The van der Waals surface area contributed by atoms with Gasteiger partial charge in [-0.2, -0.15) is 0 Å². The first-order chi connectivity index (χ1) is 9.02. The van der Waals surface area contributed by atoms with Gasteiger partial charge in [-0.15, -0.1) is 0 Å². The number of anilines is 1. The smallest absolute Gasteiger partial charge is 0.222 e. The molecule has 0 unspecified atom stereocenters. The molecule has 0 saturated carbocycles. The molecule has 1 fully saturated rings. The molecule has 1 atom stereocenters. The fraction of sp³-hybridized carbons (Fsp3) is 0.643. The van der Waals surface area contributed by atoms with Crippen LogP contribution in [0.15, 0.2) is 6.07 Å². The van der Waals surface area contributed by atoms with Crippen LogP contribution in [0.25, 0.3) is 0 Å². The van der Waals surface area contributed by atoms with Crippen LogP contribution in [0.3, 0.4) is 0 Å². The number of hydrogen-bond donors (Lipinski definition) is 0. The van der Waals surface area contributed by atoms with Gasteiger partial charge in [-0.1, -0.05) is 6.92 Å². The monoisotopic (exact) mass is 262 g/mol. The van der Waals surface area contributed by atoms with E-state index in [0.717, 1.165) is 36.7 Å². The van der Waals surface area contributed by atoms with Crippen molar-refractivity contribution >= 4 is 11.7 Å². The Morgan fingerprint density at radius 2 is 2.21 bits per heavy atom. The van der Waals surface area contributed by atoms with E-state index in [2.05, 4.69) is 9.97 Å². The van der Waals surface area contributed by atoms with Crippen molar-refractivity contribution in [2.24, 2.45) is 0 Å². The largest absolute Gasteiger partial charge is 0.363 e. The van der Waals surface area contributed by atoms with E-state index in [-0.39, 0.29) is 11.9 Å². The fourth-order valence-electron chi connectivity index (χ4n) is 2.49. The Bertz CT molecular complexity index is 473. The summed E-state index contributed by atoms with van der Waals surface area (Å²) in [6, 6.07) is 2.01. The van der Waals surface area contributed by atoms with Crippen LogP contribution in [0, 0.1) is 6.92 Å². The molecule has 5 heteroatoms. The number of nitrogens with zero attached hydrogens (tertiary/aromatic N) is 4. The lowest BCUT2D eigenvalue weighted by Crippen LogP contribution is -2.31. The average Bonchev–Trinajstić information content (AvgIpc) is 2.86. The zero-order valence-electron chi connectivity index (χ0n) is 12.2. The number of amides is 1. The Morgan fingerprint density at radius 1 is 1.47 bits per heavy atom. The highest BCUT2D eigenvalue weighted by Gasteiger charge is 2.31. The Balaban J connectivity index is 2.32. The van der Waals surface area contributed by atoms with Gasteiger partial charge in [0.1, 0.15) is 5.82 Å². The molecule has 1 aromatic rings. The normalized spacial score (nSPS) is 18.7. The highest BCUT2D eigenvalue weighted by atomic mass is 16.2. The minimum Gasteiger partial charge on any atom is -0.363 e. The molecule has 0 N–H and O–H groups in total. The molecular formula is C14H22N4O. The predicted octanol–water partition coefficient (Wildman–Crippen LogP) is 1.92. The van der Waals surface area contributed by atoms with Crippen LogP contribution >= 0.6 is 0 Å². The van der Waals surface area contributed by atoms with Crippen molar-refractivity contribution in [3.63, 3.8) is 0 Å². The SMILES string of the molecule is CCC(=O)N1CCC[C@@H]1c1nc(C)cc(N(C)C)n1. The summed E-state index contributed by atoms with van der Waals surface area (Å²) < 4.78 is 0. The number of carbonyl (C=O) groups is 1. The van der Waals surface area contributed by atoms with Crippen molar-refractivity contribution in [3.05, 3.63) is 17.6 Å². The van der Waals surface area contributed by atoms with Crippen LogP contribution in [0.5, 0.6) is 0 Å². The van der Waals surface area contributed by atoms with E-state index in [4.69, 9.17) is 0 Å². The Labute approximate surface area is 114 Å². The van der Waals surface area contributed by atoms with Crippen LogP contribution in [-0.2, 0) is 4.79 Å². The van der Waals surface area contributed by atoms with Gasteiger partial charge in [0.05, 0.1) is 6.04 Å². The topological polar surface area (TPSA) is 49.3 Å². The molecule has 0 aromatic carbocycles. The van der Waals surface area contributed by atoms with Gasteiger partial charge >= 0.3 is 0 Å². The second kappa shape index (κ2) is 5.55. The highest BCUT2D eigenvalue weighted by Crippen LogP contribution is 2.31. The van der Waals surface area contributed by atoms with Crippen molar-refractivity contribution in [3.8, 4) is 0 Å². The molecule has 2 heterocycles. The molecule has 19 heavy (non-hydrogen) atoms. The Hall–Kier alpha value is -1.65. The first kappa shape index (κ1) is 13.8. The first-order valence-corrected chi connectivity index (χ1v) is 6.85. The second-order valence-corrected chi connectivity index (χ2v) is 5.22. The molecule has 1 aromatic heterocycles. The lowest BCUT2D eigenvalue weighted by Gasteiger charge is -2.24. The van der Waals surface area contributed by atoms with Crippen LogP contribution in [0.4, 0.5) is 5.82 Å². The molecule has 1 saturated heterocycles. The summed E-state index contributed by atoms with van der Waals surface area (Å²) in [5.41, 5.74) is 0.949. The summed E-state index contributed by atoms with van der Waals surface area (Å²) in [6.45, 7) is 4.70. The highest BCUT2D eigenvalue weighted by molar-refractivity contribution is 5.76. The quantitative estimate of drug-likeness (QED) is 0.835. The number of hydrogen-bond acceptors (Lipinski definition) is 4. The van der Waals surface area contributed by atoms with Crippen molar-refractivity contribution in [2.45, 2.75) is 39.2 Å². The lowest BCUT2D eigenvalue weighted by atomic mass is 10.2. The van der Waals surface area contributed by atoms with Crippen molar-refractivity contribution in [1.82, 2.24) is 14.9 Å². The predicted molar refractivity (Wildman–Crippen MR) is 75.1 cm³/mol. The summed E-state index contributed by atoms with van der Waals surface area (Å²) >= 11 is 0. The van der Waals surface area contributed by atoms with E-state index < -0.39 is 0 Å². The number of rotatable bonds is 3. The molecular weight excluding hydrogens is 240 g/mol. The first-order valence-electron chi connectivity index (χ1n) is 6.85. The maximum absolute atomic E-state index is 12.0. The van der Waals surface area contributed by atoms with Gasteiger partial charge in [-0.05, 0) is 19.8 Å². The van der Waals surface area contributed by atoms with Crippen molar-refractivity contribution in [1.29, 1.82) is 0 Å². The molecule has 0 spiro atoms. The molecule has 1 aliphatic rings. The van der Waals surface area contributed by atoms with Gasteiger partial charge in [0, 0.05) is 38.8 Å². The standard InChI is InChI=1S/C14H22N4O/c1-5-13(19)18-8-6-7-11(18)14-15-10(2)9-12(16-14)17(3)4/h9,11H,5-8H2,1-4H3/t11-/m1/s1. The number of carbonyl (C=O) groups excluding carboxylic acids is 1.